The standard InChI is InChI=1S/C13H26N2O2S/c1-17-9-8-14-10-12(16)15-11-13(18-2)6-4-3-5-7-13/h14H,3-11H2,1-2H3,(H,15,16). The summed E-state index contributed by atoms with van der Waals surface area (Å²) < 4.78 is 5.19. The number of rotatable bonds is 8. The van der Waals surface area contributed by atoms with Crippen LogP contribution >= 0.6 is 11.8 Å². The highest BCUT2D eigenvalue weighted by atomic mass is 32.2. The topological polar surface area (TPSA) is 50.4 Å². The molecule has 0 radical (unpaired) electrons. The van der Waals surface area contributed by atoms with Crippen LogP contribution in [-0.4, -0.2) is 50.3 Å². The van der Waals surface area contributed by atoms with Gasteiger partial charge in [0.1, 0.15) is 0 Å². The van der Waals surface area contributed by atoms with E-state index >= 15 is 0 Å². The highest BCUT2D eigenvalue weighted by molar-refractivity contribution is 8.00. The summed E-state index contributed by atoms with van der Waals surface area (Å²) in [6, 6.07) is 0. The van der Waals surface area contributed by atoms with Crippen LogP contribution in [0.3, 0.4) is 0 Å². The van der Waals surface area contributed by atoms with Gasteiger partial charge in [-0.1, -0.05) is 19.3 Å². The average Bonchev–Trinajstić information content (AvgIpc) is 2.42. The molecule has 1 rings (SSSR count). The maximum absolute atomic E-state index is 11.7. The first kappa shape index (κ1) is 15.8. The van der Waals surface area contributed by atoms with E-state index in [2.05, 4.69) is 16.9 Å². The summed E-state index contributed by atoms with van der Waals surface area (Å²) >= 11 is 1.91. The molecule has 1 saturated carbocycles. The van der Waals surface area contributed by atoms with Gasteiger partial charge in [-0.05, 0) is 19.1 Å². The van der Waals surface area contributed by atoms with E-state index in [0.29, 0.717) is 13.2 Å². The maximum atomic E-state index is 11.7. The first-order chi connectivity index (χ1) is 8.72. The summed E-state index contributed by atoms with van der Waals surface area (Å²) in [5, 5.41) is 6.12. The third-order valence-corrected chi connectivity index (χ3v) is 4.99. The van der Waals surface area contributed by atoms with Gasteiger partial charge < -0.3 is 15.4 Å². The largest absolute Gasteiger partial charge is 0.383 e. The minimum absolute atomic E-state index is 0.0881. The fourth-order valence-electron chi connectivity index (χ4n) is 2.35. The van der Waals surface area contributed by atoms with Gasteiger partial charge >= 0.3 is 0 Å². The van der Waals surface area contributed by atoms with Crippen molar-refractivity contribution in [3.8, 4) is 0 Å². The van der Waals surface area contributed by atoms with E-state index in [9.17, 15) is 4.79 Å². The zero-order valence-corrected chi connectivity index (χ0v) is 12.4. The number of carbonyl (C=O) groups is 1. The molecule has 0 saturated heterocycles. The van der Waals surface area contributed by atoms with Gasteiger partial charge in [0, 0.05) is 24.9 Å². The van der Waals surface area contributed by atoms with E-state index in [1.165, 1.54) is 32.1 Å². The highest BCUT2D eigenvalue weighted by Crippen LogP contribution is 2.37. The van der Waals surface area contributed by atoms with Crippen LogP contribution in [-0.2, 0) is 9.53 Å². The van der Waals surface area contributed by atoms with Crippen molar-refractivity contribution in [3.05, 3.63) is 0 Å². The smallest absolute Gasteiger partial charge is 0.234 e. The first-order valence-corrected chi connectivity index (χ1v) is 7.96. The molecule has 0 heterocycles. The molecular formula is C13H26N2O2S. The average molecular weight is 274 g/mol. The molecule has 106 valence electrons. The highest BCUT2D eigenvalue weighted by Gasteiger charge is 2.31. The van der Waals surface area contributed by atoms with Gasteiger partial charge in [0.05, 0.1) is 13.2 Å². The zero-order valence-electron chi connectivity index (χ0n) is 11.6. The summed E-state index contributed by atoms with van der Waals surface area (Å²) in [6.07, 6.45) is 8.55. The van der Waals surface area contributed by atoms with Crippen molar-refractivity contribution in [1.29, 1.82) is 0 Å². The molecule has 1 fully saturated rings. The predicted molar refractivity (Wildman–Crippen MR) is 77.1 cm³/mol. The van der Waals surface area contributed by atoms with Crippen LogP contribution in [0.1, 0.15) is 32.1 Å². The van der Waals surface area contributed by atoms with Crippen molar-refractivity contribution < 1.29 is 9.53 Å². The van der Waals surface area contributed by atoms with Crippen molar-refractivity contribution in [2.24, 2.45) is 0 Å². The molecule has 1 aliphatic carbocycles. The molecule has 5 heteroatoms. The Labute approximate surface area is 115 Å². The lowest BCUT2D eigenvalue weighted by molar-refractivity contribution is -0.120. The Hall–Kier alpha value is -0.260. The van der Waals surface area contributed by atoms with Gasteiger partial charge in [-0.3, -0.25) is 4.79 Å². The summed E-state index contributed by atoms with van der Waals surface area (Å²) in [5.41, 5.74) is 0. The second-order valence-electron chi connectivity index (χ2n) is 4.89. The Bertz CT molecular complexity index is 243. The van der Waals surface area contributed by atoms with Crippen molar-refractivity contribution in [1.82, 2.24) is 10.6 Å². The molecule has 1 amide bonds. The molecule has 18 heavy (non-hydrogen) atoms. The third kappa shape index (κ3) is 5.59. The van der Waals surface area contributed by atoms with Crippen molar-refractivity contribution >= 4 is 17.7 Å². The van der Waals surface area contributed by atoms with Crippen LogP contribution in [0.5, 0.6) is 0 Å². The molecule has 1 aliphatic rings. The van der Waals surface area contributed by atoms with Crippen molar-refractivity contribution in [3.63, 3.8) is 0 Å². The zero-order chi connectivity index (χ0) is 13.3. The minimum atomic E-state index is 0.0881. The monoisotopic (exact) mass is 274 g/mol. The summed E-state index contributed by atoms with van der Waals surface area (Å²) in [4.78, 5) is 11.7. The summed E-state index contributed by atoms with van der Waals surface area (Å²) in [7, 11) is 1.66. The number of nitrogens with one attached hydrogen (secondary N) is 2. The van der Waals surface area contributed by atoms with E-state index in [0.717, 1.165) is 13.1 Å². The molecular weight excluding hydrogens is 248 g/mol. The second-order valence-corrected chi connectivity index (χ2v) is 6.17. The number of hydrogen-bond donors (Lipinski definition) is 2. The molecule has 0 aromatic rings. The summed E-state index contributed by atoms with van der Waals surface area (Å²) in [6.45, 7) is 2.55. The lowest BCUT2D eigenvalue weighted by Gasteiger charge is -2.35. The molecule has 0 aromatic heterocycles. The van der Waals surface area contributed by atoms with Crippen molar-refractivity contribution in [2.45, 2.75) is 36.9 Å². The Kier molecular flexibility index (Phi) is 7.70. The SMILES string of the molecule is COCCNCC(=O)NCC1(SC)CCCCC1. The van der Waals surface area contributed by atoms with E-state index in [1.807, 2.05) is 11.8 Å². The Morgan fingerprint density at radius 1 is 1.33 bits per heavy atom. The number of carbonyl (C=O) groups excluding carboxylic acids is 1. The molecule has 0 aromatic carbocycles. The normalized spacial score (nSPS) is 18.6. The van der Waals surface area contributed by atoms with Crippen molar-refractivity contribution in [2.75, 3.05) is 39.6 Å². The van der Waals surface area contributed by atoms with Crippen LogP contribution in [0, 0.1) is 0 Å². The van der Waals surface area contributed by atoms with Gasteiger partial charge in [0.25, 0.3) is 0 Å². The molecule has 4 nitrogen and oxygen atoms in total. The van der Waals surface area contributed by atoms with Gasteiger partial charge in [0.2, 0.25) is 5.91 Å². The quantitative estimate of drug-likeness (QED) is 0.657. The number of ether oxygens (including phenoxy) is 1. The minimum Gasteiger partial charge on any atom is -0.383 e. The Balaban J connectivity index is 2.19. The first-order valence-electron chi connectivity index (χ1n) is 6.74. The van der Waals surface area contributed by atoms with E-state index < -0.39 is 0 Å². The number of methoxy groups -OCH3 is 1. The number of hydrogen-bond acceptors (Lipinski definition) is 4. The van der Waals surface area contributed by atoms with Gasteiger partial charge in [-0.2, -0.15) is 11.8 Å². The van der Waals surface area contributed by atoms with Gasteiger partial charge in [-0.25, -0.2) is 0 Å². The maximum Gasteiger partial charge on any atom is 0.234 e. The van der Waals surface area contributed by atoms with Crippen LogP contribution in [0.2, 0.25) is 0 Å². The predicted octanol–water partition coefficient (Wildman–Crippen LogP) is 1.40. The molecule has 0 atom stereocenters. The number of amides is 1. The third-order valence-electron chi connectivity index (χ3n) is 3.57. The lowest BCUT2D eigenvalue weighted by Crippen LogP contribution is -2.44. The fourth-order valence-corrected chi connectivity index (χ4v) is 3.26. The molecule has 0 bridgehead atoms. The Morgan fingerprint density at radius 2 is 2.06 bits per heavy atom. The van der Waals surface area contributed by atoms with Gasteiger partial charge in [0.15, 0.2) is 0 Å². The molecule has 2 N–H and O–H groups in total. The van der Waals surface area contributed by atoms with E-state index in [-0.39, 0.29) is 10.7 Å². The second kappa shape index (κ2) is 8.77. The number of thioether (sulfide) groups is 1. The molecule has 0 aliphatic heterocycles. The molecule has 0 spiro atoms. The van der Waals surface area contributed by atoms with Crippen LogP contribution in [0.25, 0.3) is 0 Å². The Morgan fingerprint density at radius 3 is 2.67 bits per heavy atom. The summed E-state index contributed by atoms with van der Waals surface area (Å²) in [5.74, 6) is 0.0881. The van der Waals surface area contributed by atoms with E-state index in [4.69, 9.17) is 4.74 Å². The van der Waals surface area contributed by atoms with Crippen LogP contribution < -0.4 is 10.6 Å². The van der Waals surface area contributed by atoms with Gasteiger partial charge in [-0.15, -0.1) is 0 Å². The van der Waals surface area contributed by atoms with E-state index in [1.54, 1.807) is 7.11 Å². The van der Waals surface area contributed by atoms with Crippen LogP contribution in [0.15, 0.2) is 0 Å². The molecule has 0 unspecified atom stereocenters. The van der Waals surface area contributed by atoms with Crippen LogP contribution in [0.4, 0.5) is 0 Å². The lowest BCUT2D eigenvalue weighted by atomic mass is 9.88. The fraction of sp³-hybridized carbons (Fsp3) is 0.923.